The Balaban J connectivity index is 2.25. The second-order valence-corrected chi connectivity index (χ2v) is 4.62. The van der Waals surface area contributed by atoms with Crippen molar-refractivity contribution < 1.29 is 0 Å². The third-order valence-corrected chi connectivity index (χ3v) is 3.15. The fourth-order valence-corrected chi connectivity index (χ4v) is 2.21. The molecule has 1 N–H and O–H groups in total. The Morgan fingerprint density at radius 3 is 2.55 bits per heavy atom. The van der Waals surface area contributed by atoms with Gasteiger partial charge in [-0.2, -0.15) is 0 Å². The van der Waals surface area contributed by atoms with E-state index in [1.807, 2.05) is 24.5 Å². The average molecular weight is 271 g/mol. The number of nitrogens with zero attached hydrogens (tertiary/aromatic N) is 4. The molecule has 2 aromatic heterocycles. The molecule has 2 heterocycles. The summed E-state index contributed by atoms with van der Waals surface area (Å²) in [6.07, 6.45) is 6.15. The zero-order valence-corrected chi connectivity index (χ0v) is 12.3. The van der Waals surface area contributed by atoms with Gasteiger partial charge in [-0.1, -0.05) is 6.92 Å². The first-order chi connectivity index (χ1) is 9.76. The van der Waals surface area contributed by atoms with Crippen molar-refractivity contribution in [3.63, 3.8) is 0 Å². The first kappa shape index (κ1) is 14.2. The molecule has 5 nitrogen and oxygen atoms in total. The molecule has 0 bridgehead atoms. The maximum atomic E-state index is 4.45. The molecular formula is C15H21N5. The first-order valence-electron chi connectivity index (χ1n) is 6.94. The van der Waals surface area contributed by atoms with Crippen molar-refractivity contribution in [1.82, 2.24) is 15.0 Å². The maximum Gasteiger partial charge on any atom is 0.137 e. The van der Waals surface area contributed by atoms with E-state index in [9.17, 15) is 0 Å². The van der Waals surface area contributed by atoms with Gasteiger partial charge in [-0.05, 0) is 31.0 Å². The molecule has 0 saturated carbocycles. The minimum atomic E-state index is 0.804. The molecule has 5 heteroatoms. The van der Waals surface area contributed by atoms with Gasteiger partial charge in [-0.3, -0.25) is 4.98 Å². The van der Waals surface area contributed by atoms with Crippen LogP contribution in [0.5, 0.6) is 0 Å². The van der Waals surface area contributed by atoms with Crippen LogP contribution >= 0.6 is 0 Å². The highest BCUT2D eigenvalue weighted by molar-refractivity contribution is 5.58. The van der Waals surface area contributed by atoms with E-state index >= 15 is 0 Å². The van der Waals surface area contributed by atoms with Crippen LogP contribution in [0.4, 0.5) is 11.6 Å². The number of hydrogen-bond donors (Lipinski definition) is 1. The van der Waals surface area contributed by atoms with Gasteiger partial charge in [0, 0.05) is 38.1 Å². The van der Waals surface area contributed by atoms with E-state index < -0.39 is 0 Å². The third kappa shape index (κ3) is 3.23. The summed E-state index contributed by atoms with van der Waals surface area (Å²) in [5.41, 5.74) is 2.37. The largest absolute Gasteiger partial charge is 0.370 e. The summed E-state index contributed by atoms with van der Waals surface area (Å²) in [6.45, 7) is 5.86. The van der Waals surface area contributed by atoms with Crippen LogP contribution in [0.25, 0.3) is 0 Å². The van der Waals surface area contributed by atoms with Crippen molar-refractivity contribution in [1.29, 1.82) is 0 Å². The van der Waals surface area contributed by atoms with Crippen LogP contribution in [0, 0.1) is 0 Å². The Kier molecular flexibility index (Phi) is 4.87. The number of pyridine rings is 1. The summed E-state index contributed by atoms with van der Waals surface area (Å²) in [4.78, 5) is 15.0. The Morgan fingerprint density at radius 2 is 1.90 bits per heavy atom. The minimum absolute atomic E-state index is 0.804. The molecule has 0 saturated heterocycles. The first-order valence-corrected chi connectivity index (χ1v) is 6.94. The van der Waals surface area contributed by atoms with Crippen molar-refractivity contribution in [2.75, 3.05) is 23.8 Å². The van der Waals surface area contributed by atoms with Crippen LogP contribution in [0.1, 0.15) is 25.0 Å². The summed E-state index contributed by atoms with van der Waals surface area (Å²) < 4.78 is 0. The number of hydrogen-bond acceptors (Lipinski definition) is 5. The highest BCUT2D eigenvalue weighted by atomic mass is 15.2. The molecule has 0 fully saturated rings. The number of nitrogens with one attached hydrogen (secondary N) is 1. The van der Waals surface area contributed by atoms with Gasteiger partial charge < -0.3 is 10.2 Å². The third-order valence-electron chi connectivity index (χ3n) is 3.15. The Morgan fingerprint density at radius 1 is 1.15 bits per heavy atom. The predicted octanol–water partition coefficient (Wildman–Crippen LogP) is 2.50. The van der Waals surface area contributed by atoms with E-state index in [-0.39, 0.29) is 0 Å². The number of anilines is 2. The molecule has 20 heavy (non-hydrogen) atoms. The van der Waals surface area contributed by atoms with Crippen LogP contribution in [-0.2, 0) is 13.0 Å². The van der Waals surface area contributed by atoms with Crippen molar-refractivity contribution >= 4 is 11.6 Å². The lowest BCUT2D eigenvalue weighted by molar-refractivity contribution is 0.868. The zero-order chi connectivity index (χ0) is 14.4. The van der Waals surface area contributed by atoms with Crippen LogP contribution in [0.15, 0.2) is 30.9 Å². The molecule has 0 amide bonds. The lowest BCUT2D eigenvalue weighted by Gasteiger charge is -2.22. The van der Waals surface area contributed by atoms with Crippen LogP contribution in [-0.4, -0.2) is 28.5 Å². The van der Waals surface area contributed by atoms with Gasteiger partial charge in [0.1, 0.15) is 18.0 Å². The Labute approximate surface area is 120 Å². The van der Waals surface area contributed by atoms with Gasteiger partial charge in [0.15, 0.2) is 0 Å². The van der Waals surface area contributed by atoms with Crippen LogP contribution in [0.3, 0.4) is 0 Å². The molecule has 2 rings (SSSR count). The van der Waals surface area contributed by atoms with Gasteiger partial charge in [-0.15, -0.1) is 0 Å². The molecule has 0 radical (unpaired) electrons. The average Bonchev–Trinajstić information content (AvgIpc) is 2.48. The second kappa shape index (κ2) is 6.84. The summed E-state index contributed by atoms with van der Waals surface area (Å²) in [5, 5.41) is 3.30. The highest BCUT2D eigenvalue weighted by Gasteiger charge is 2.13. The van der Waals surface area contributed by atoms with Crippen molar-refractivity contribution in [3.8, 4) is 0 Å². The summed E-state index contributed by atoms with van der Waals surface area (Å²) >= 11 is 0. The molecule has 0 spiro atoms. The molecule has 0 aliphatic rings. The lowest BCUT2D eigenvalue weighted by atomic mass is 10.2. The topological polar surface area (TPSA) is 53.9 Å². The molecule has 0 unspecified atom stereocenters. The van der Waals surface area contributed by atoms with E-state index in [0.717, 1.165) is 36.7 Å². The number of aromatic nitrogens is 3. The van der Waals surface area contributed by atoms with E-state index in [4.69, 9.17) is 0 Å². The Hall–Kier alpha value is -2.17. The van der Waals surface area contributed by atoms with E-state index in [0.29, 0.717) is 0 Å². The molecule has 106 valence electrons. The molecule has 2 aromatic rings. The van der Waals surface area contributed by atoms with E-state index in [2.05, 4.69) is 46.1 Å². The van der Waals surface area contributed by atoms with Gasteiger partial charge in [0.25, 0.3) is 0 Å². The van der Waals surface area contributed by atoms with Crippen LogP contribution < -0.4 is 10.2 Å². The standard InChI is InChI=1S/C15H21N5/c1-4-13-14(17-5-2)18-11-19-15(13)20(3)10-12-6-8-16-9-7-12/h6-9,11H,4-5,10H2,1-3H3,(H,17,18,19). The summed E-state index contributed by atoms with van der Waals surface area (Å²) in [6, 6.07) is 4.04. The normalized spacial score (nSPS) is 10.3. The maximum absolute atomic E-state index is 4.45. The van der Waals surface area contributed by atoms with Gasteiger partial charge in [-0.25, -0.2) is 9.97 Å². The monoisotopic (exact) mass is 271 g/mol. The lowest BCUT2D eigenvalue weighted by Crippen LogP contribution is -2.20. The van der Waals surface area contributed by atoms with Gasteiger partial charge in [0.05, 0.1) is 0 Å². The quantitative estimate of drug-likeness (QED) is 0.875. The molecule has 0 aliphatic carbocycles. The zero-order valence-electron chi connectivity index (χ0n) is 12.3. The fourth-order valence-electron chi connectivity index (χ4n) is 2.21. The van der Waals surface area contributed by atoms with Crippen LogP contribution in [0.2, 0.25) is 0 Å². The van der Waals surface area contributed by atoms with Crippen molar-refractivity contribution in [2.45, 2.75) is 26.8 Å². The van der Waals surface area contributed by atoms with Gasteiger partial charge >= 0.3 is 0 Å². The molecule has 0 atom stereocenters. The van der Waals surface area contributed by atoms with E-state index in [1.54, 1.807) is 6.33 Å². The predicted molar refractivity (Wildman–Crippen MR) is 81.9 cm³/mol. The summed E-state index contributed by atoms with van der Waals surface area (Å²) in [5.74, 6) is 1.91. The second-order valence-electron chi connectivity index (χ2n) is 4.62. The minimum Gasteiger partial charge on any atom is -0.370 e. The Bertz CT molecular complexity index is 541. The fraction of sp³-hybridized carbons (Fsp3) is 0.400. The van der Waals surface area contributed by atoms with Crippen molar-refractivity contribution in [3.05, 3.63) is 42.0 Å². The van der Waals surface area contributed by atoms with Gasteiger partial charge in [0.2, 0.25) is 0 Å². The van der Waals surface area contributed by atoms with Crippen molar-refractivity contribution in [2.24, 2.45) is 0 Å². The number of rotatable bonds is 6. The molecule has 0 aliphatic heterocycles. The molecule has 0 aromatic carbocycles. The summed E-state index contributed by atoms with van der Waals surface area (Å²) in [7, 11) is 2.05. The SMILES string of the molecule is CCNc1ncnc(N(C)Cc2ccncc2)c1CC. The smallest absolute Gasteiger partial charge is 0.137 e. The highest BCUT2D eigenvalue weighted by Crippen LogP contribution is 2.24. The van der Waals surface area contributed by atoms with E-state index in [1.165, 1.54) is 5.56 Å². The molecular weight excluding hydrogens is 250 g/mol.